The minimum atomic E-state index is -0.305. The van der Waals surface area contributed by atoms with Crippen molar-refractivity contribution in [3.63, 3.8) is 0 Å². The number of hydrogen-bond donors (Lipinski definition) is 2. The van der Waals surface area contributed by atoms with Crippen LogP contribution in [0, 0.1) is 11.7 Å². The topological polar surface area (TPSA) is 37.3 Å². The highest BCUT2D eigenvalue weighted by Gasteiger charge is 2.25. The van der Waals surface area contributed by atoms with Gasteiger partial charge in [0.05, 0.1) is 13.1 Å². The Balaban J connectivity index is 1.35. The molecular weight excluding hydrogens is 327 g/mol. The lowest BCUT2D eigenvalue weighted by atomic mass is 9.90. The van der Waals surface area contributed by atoms with E-state index in [0.717, 1.165) is 37.9 Å². The zero-order valence-electron chi connectivity index (χ0n) is 14.8. The highest BCUT2D eigenvalue weighted by Crippen LogP contribution is 2.20. The first-order chi connectivity index (χ1) is 12.7. The Morgan fingerprint density at radius 3 is 2.65 bits per heavy atom. The summed E-state index contributed by atoms with van der Waals surface area (Å²) in [6.07, 6.45) is 5.15. The molecule has 0 aliphatic carbocycles. The second kappa shape index (κ2) is 7.42. The van der Waals surface area contributed by atoms with Crippen molar-refractivity contribution < 1.29 is 14.1 Å². The van der Waals surface area contributed by atoms with E-state index in [2.05, 4.69) is 35.3 Å². The largest absolute Gasteiger partial charge is 0.360 e. The Morgan fingerprint density at radius 2 is 1.88 bits per heavy atom. The first kappa shape index (κ1) is 17.0. The van der Waals surface area contributed by atoms with Gasteiger partial charge in [0.25, 0.3) is 0 Å². The van der Waals surface area contributed by atoms with Gasteiger partial charge in [-0.25, -0.2) is 4.39 Å². The fourth-order valence-electron chi connectivity index (χ4n) is 4.06. The van der Waals surface area contributed by atoms with Crippen LogP contribution in [0.15, 0.2) is 54.7 Å². The summed E-state index contributed by atoms with van der Waals surface area (Å²) in [5.41, 5.74) is 2.82. The van der Waals surface area contributed by atoms with Crippen LogP contribution in [0.5, 0.6) is 0 Å². The molecule has 134 valence electrons. The van der Waals surface area contributed by atoms with E-state index in [-0.39, 0.29) is 11.6 Å². The lowest BCUT2D eigenvalue weighted by Gasteiger charge is -2.28. The SMILES string of the molecule is O=C(C[NH+]1CCC(Cc2ccccc2)CC1)c1c[nH]c2ccc(F)cc12. The summed E-state index contributed by atoms with van der Waals surface area (Å²) in [6.45, 7) is 2.54. The van der Waals surface area contributed by atoms with E-state index in [9.17, 15) is 9.18 Å². The molecule has 1 aliphatic heterocycles. The monoisotopic (exact) mass is 351 g/mol. The predicted molar refractivity (Wildman–Crippen MR) is 101 cm³/mol. The summed E-state index contributed by atoms with van der Waals surface area (Å²) in [4.78, 5) is 17.1. The van der Waals surface area contributed by atoms with Gasteiger partial charge in [-0.15, -0.1) is 0 Å². The third-order valence-corrected chi connectivity index (χ3v) is 5.53. The third-order valence-electron chi connectivity index (χ3n) is 5.53. The Bertz CT molecular complexity index is 895. The van der Waals surface area contributed by atoms with Crippen molar-refractivity contribution in [2.45, 2.75) is 19.3 Å². The quantitative estimate of drug-likeness (QED) is 0.681. The second-order valence-electron chi connectivity index (χ2n) is 7.38. The molecule has 1 aromatic heterocycles. The van der Waals surface area contributed by atoms with Crippen LogP contribution in [-0.2, 0) is 6.42 Å². The van der Waals surface area contributed by atoms with E-state index in [0.29, 0.717) is 23.4 Å². The summed E-state index contributed by atoms with van der Waals surface area (Å²) < 4.78 is 13.5. The minimum absolute atomic E-state index is 0.0957. The molecule has 0 radical (unpaired) electrons. The van der Waals surface area contributed by atoms with E-state index in [1.54, 1.807) is 12.3 Å². The van der Waals surface area contributed by atoms with E-state index in [1.807, 2.05) is 0 Å². The molecule has 0 unspecified atom stereocenters. The smallest absolute Gasteiger partial charge is 0.219 e. The number of rotatable bonds is 5. The molecule has 2 heterocycles. The van der Waals surface area contributed by atoms with Crippen molar-refractivity contribution in [3.05, 3.63) is 71.7 Å². The van der Waals surface area contributed by atoms with Crippen LogP contribution in [0.2, 0.25) is 0 Å². The van der Waals surface area contributed by atoms with Gasteiger partial charge in [0.15, 0.2) is 0 Å². The van der Waals surface area contributed by atoms with Crippen LogP contribution in [0.4, 0.5) is 4.39 Å². The van der Waals surface area contributed by atoms with Crippen molar-refractivity contribution in [1.82, 2.24) is 4.98 Å². The molecule has 4 rings (SSSR count). The predicted octanol–water partition coefficient (Wildman–Crippen LogP) is 3.03. The summed E-state index contributed by atoms with van der Waals surface area (Å²) in [5.74, 6) is 0.497. The molecule has 0 amide bonds. The molecule has 0 spiro atoms. The van der Waals surface area contributed by atoms with Crippen LogP contribution in [-0.4, -0.2) is 30.4 Å². The first-order valence-electron chi connectivity index (χ1n) is 9.36. The minimum Gasteiger partial charge on any atom is -0.360 e. The molecule has 26 heavy (non-hydrogen) atoms. The van der Waals surface area contributed by atoms with Crippen LogP contribution in [0.25, 0.3) is 10.9 Å². The molecule has 1 fully saturated rings. The Labute approximate surface area is 152 Å². The summed E-state index contributed by atoms with van der Waals surface area (Å²) in [5, 5.41) is 0.688. The molecule has 1 saturated heterocycles. The van der Waals surface area contributed by atoms with Gasteiger partial charge in [-0.3, -0.25) is 4.79 Å². The highest BCUT2D eigenvalue weighted by molar-refractivity contribution is 6.08. The van der Waals surface area contributed by atoms with E-state index in [4.69, 9.17) is 0 Å². The molecule has 1 aliphatic rings. The molecule has 0 saturated carbocycles. The number of nitrogens with one attached hydrogen (secondary N) is 2. The van der Waals surface area contributed by atoms with E-state index < -0.39 is 0 Å². The maximum Gasteiger partial charge on any atom is 0.219 e. The molecule has 3 aromatic rings. The molecule has 2 N–H and O–H groups in total. The van der Waals surface area contributed by atoms with Crippen LogP contribution in [0.3, 0.4) is 0 Å². The zero-order chi connectivity index (χ0) is 17.9. The van der Waals surface area contributed by atoms with E-state index in [1.165, 1.54) is 22.6 Å². The number of benzene rings is 2. The molecule has 0 atom stereocenters. The lowest BCUT2D eigenvalue weighted by Crippen LogP contribution is -3.14. The van der Waals surface area contributed by atoms with Gasteiger partial charge in [0, 0.05) is 22.7 Å². The second-order valence-corrected chi connectivity index (χ2v) is 7.38. The number of likely N-dealkylation sites (tertiary alicyclic amines) is 1. The normalized spacial score (nSPS) is 20.3. The molecule has 0 bridgehead atoms. The van der Waals surface area contributed by atoms with Gasteiger partial charge in [-0.1, -0.05) is 30.3 Å². The molecule has 3 nitrogen and oxygen atoms in total. The van der Waals surface area contributed by atoms with Crippen LogP contribution in [0.1, 0.15) is 28.8 Å². The standard InChI is InChI=1S/C22H23FN2O/c23-18-6-7-21-19(13-18)20(14-24-21)22(26)15-25-10-8-17(9-11-25)12-16-4-2-1-3-5-16/h1-7,13-14,17,24H,8-12,15H2/p+1. The number of halogens is 1. The number of Topliss-reactive ketones (excluding diaryl/α,β-unsaturated/α-hetero) is 1. The average molecular weight is 351 g/mol. The Hall–Kier alpha value is -2.46. The van der Waals surface area contributed by atoms with Gasteiger partial charge in [0.2, 0.25) is 5.78 Å². The van der Waals surface area contributed by atoms with Crippen molar-refractivity contribution in [1.29, 1.82) is 0 Å². The van der Waals surface area contributed by atoms with Gasteiger partial charge < -0.3 is 9.88 Å². The Morgan fingerprint density at radius 1 is 1.12 bits per heavy atom. The number of quaternary nitrogens is 1. The number of carbonyl (C=O) groups is 1. The highest BCUT2D eigenvalue weighted by atomic mass is 19.1. The summed E-state index contributed by atoms with van der Waals surface area (Å²) in [7, 11) is 0. The number of aromatic nitrogens is 1. The maximum atomic E-state index is 13.5. The van der Waals surface area contributed by atoms with Crippen LogP contribution >= 0.6 is 0 Å². The van der Waals surface area contributed by atoms with Gasteiger partial charge in [-0.2, -0.15) is 0 Å². The van der Waals surface area contributed by atoms with Crippen LogP contribution < -0.4 is 4.90 Å². The van der Waals surface area contributed by atoms with Gasteiger partial charge >= 0.3 is 0 Å². The number of ketones is 1. The van der Waals surface area contributed by atoms with Crippen molar-refractivity contribution in [2.75, 3.05) is 19.6 Å². The van der Waals surface area contributed by atoms with Gasteiger partial charge in [0.1, 0.15) is 12.4 Å². The number of hydrogen-bond acceptors (Lipinski definition) is 1. The number of piperidine rings is 1. The number of aromatic amines is 1. The number of H-pyrrole nitrogens is 1. The molecular formula is C22H24FN2O+. The number of carbonyl (C=O) groups excluding carboxylic acids is 1. The van der Waals surface area contributed by atoms with Crippen molar-refractivity contribution in [2.24, 2.45) is 5.92 Å². The fourth-order valence-corrected chi connectivity index (χ4v) is 4.06. The molecule has 4 heteroatoms. The fraction of sp³-hybridized carbons (Fsp3) is 0.318. The van der Waals surface area contributed by atoms with Crippen molar-refractivity contribution >= 4 is 16.7 Å². The average Bonchev–Trinajstić information content (AvgIpc) is 3.07. The Kier molecular flexibility index (Phi) is 4.85. The zero-order valence-corrected chi connectivity index (χ0v) is 14.8. The maximum absolute atomic E-state index is 13.5. The molecule has 2 aromatic carbocycles. The first-order valence-corrected chi connectivity index (χ1v) is 9.36. The lowest BCUT2D eigenvalue weighted by molar-refractivity contribution is -0.897. The third kappa shape index (κ3) is 3.70. The van der Waals surface area contributed by atoms with E-state index >= 15 is 0 Å². The summed E-state index contributed by atoms with van der Waals surface area (Å²) >= 11 is 0. The van der Waals surface area contributed by atoms with Gasteiger partial charge in [-0.05, 0) is 48.9 Å². The van der Waals surface area contributed by atoms with Crippen molar-refractivity contribution in [3.8, 4) is 0 Å². The number of fused-ring (bicyclic) bond motifs is 1. The summed E-state index contributed by atoms with van der Waals surface area (Å²) in [6, 6.07) is 15.2.